The van der Waals surface area contributed by atoms with Crippen LogP contribution < -0.4 is 5.73 Å². The van der Waals surface area contributed by atoms with E-state index in [9.17, 15) is 0 Å². The molecule has 1 aromatic carbocycles. The molecule has 0 saturated carbocycles. The summed E-state index contributed by atoms with van der Waals surface area (Å²) in [5, 5.41) is 7.11. The molecule has 2 heterocycles. The largest absolute Gasteiger partial charge is 0.469 e. The van der Waals surface area contributed by atoms with Gasteiger partial charge in [0.05, 0.1) is 17.9 Å². The van der Waals surface area contributed by atoms with E-state index in [4.69, 9.17) is 10.2 Å². The smallest absolute Gasteiger partial charge is 0.184 e. The van der Waals surface area contributed by atoms with Crippen LogP contribution in [0, 0.1) is 13.8 Å². The van der Waals surface area contributed by atoms with Gasteiger partial charge in [-0.2, -0.15) is 5.10 Å². The number of H-pyrrole nitrogens is 1. The van der Waals surface area contributed by atoms with E-state index in [0.717, 1.165) is 16.9 Å². The highest BCUT2D eigenvalue weighted by atomic mass is 16.3. The van der Waals surface area contributed by atoms with Crippen molar-refractivity contribution in [3.8, 4) is 11.4 Å². The SMILES string of the molecule is Cc1ccc([C@H](N)c2nc(-c3ccoc3C)n[nH]2)cc1. The third-order valence-electron chi connectivity index (χ3n) is 3.33. The summed E-state index contributed by atoms with van der Waals surface area (Å²) in [7, 11) is 0. The second kappa shape index (κ2) is 4.94. The van der Waals surface area contributed by atoms with Crippen LogP contribution in [-0.4, -0.2) is 15.2 Å². The minimum Gasteiger partial charge on any atom is -0.469 e. The van der Waals surface area contributed by atoms with Crippen molar-refractivity contribution >= 4 is 0 Å². The van der Waals surface area contributed by atoms with Crippen LogP contribution in [0.15, 0.2) is 41.0 Å². The molecule has 1 atom stereocenters. The van der Waals surface area contributed by atoms with Crippen LogP contribution in [0.3, 0.4) is 0 Å². The highest BCUT2D eigenvalue weighted by molar-refractivity contribution is 5.56. The lowest BCUT2D eigenvalue weighted by Crippen LogP contribution is -2.13. The standard InChI is InChI=1S/C15H16N4O/c1-9-3-5-11(6-4-9)13(16)15-17-14(18-19-15)12-7-8-20-10(12)2/h3-8,13H,16H2,1-2H3,(H,17,18,19)/t13-/m0/s1. The molecule has 102 valence electrons. The molecule has 0 spiro atoms. The molecule has 5 heteroatoms. The van der Waals surface area contributed by atoms with Crippen LogP contribution >= 0.6 is 0 Å². The third kappa shape index (κ3) is 2.23. The van der Waals surface area contributed by atoms with Gasteiger partial charge in [0.15, 0.2) is 5.82 Å². The van der Waals surface area contributed by atoms with Crippen LogP contribution in [-0.2, 0) is 0 Å². The second-order valence-corrected chi connectivity index (χ2v) is 4.82. The zero-order valence-electron chi connectivity index (χ0n) is 11.4. The van der Waals surface area contributed by atoms with Crippen molar-refractivity contribution < 1.29 is 4.42 Å². The van der Waals surface area contributed by atoms with Gasteiger partial charge in [0, 0.05) is 0 Å². The lowest BCUT2D eigenvalue weighted by atomic mass is 10.1. The van der Waals surface area contributed by atoms with E-state index in [-0.39, 0.29) is 6.04 Å². The van der Waals surface area contributed by atoms with Gasteiger partial charge in [-0.1, -0.05) is 29.8 Å². The topological polar surface area (TPSA) is 80.7 Å². The lowest BCUT2D eigenvalue weighted by Gasteiger charge is -2.08. The van der Waals surface area contributed by atoms with E-state index in [1.807, 2.05) is 44.2 Å². The molecule has 20 heavy (non-hydrogen) atoms. The van der Waals surface area contributed by atoms with Gasteiger partial charge >= 0.3 is 0 Å². The Morgan fingerprint density at radius 1 is 1.15 bits per heavy atom. The molecule has 0 amide bonds. The molecular formula is C15H16N4O. The quantitative estimate of drug-likeness (QED) is 0.765. The fraction of sp³-hybridized carbons (Fsp3) is 0.200. The fourth-order valence-corrected chi connectivity index (χ4v) is 2.08. The van der Waals surface area contributed by atoms with Gasteiger partial charge in [0.1, 0.15) is 11.6 Å². The molecular weight excluding hydrogens is 252 g/mol. The molecule has 0 aliphatic carbocycles. The summed E-state index contributed by atoms with van der Waals surface area (Å²) in [6, 6.07) is 9.61. The number of furan rings is 1. The lowest BCUT2D eigenvalue weighted by molar-refractivity contribution is 0.535. The first kappa shape index (κ1) is 12.6. The normalized spacial score (nSPS) is 12.6. The number of nitrogens with two attached hydrogens (primary N) is 1. The molecule has 0 aliphatic heterocycles. The monoisotopic (exact) mass is 268 g/mol. The molecule has 0 unspecified atom stereocenters. The fourth-order valence-electron chi connectivity index (χ4n) is 2.08. The van der Waals surface area contributed by atoms with Crippen molar-refractivity contribution in [3.63, 3.8) is 0 Å². The highest BCUT2D eigenvalue weighted by Gasteiger charge is 2.16. The van der Waals surface area contributed by atoms with Crippen LogP contribution in [0.1, 0.15) is 28.8 Å². The Morgan fingerprint density at radius 3 is 2.55 bits per heavy atom. The Bertz CT molecular complexity index is 712. The maximum atomic E-state index is 6.21. The van der Waals surface area contributed by atoms with Gasteiger partial charge in [-0.15, -0.1) is 0 Å². The van der Waals surface area contributed by atoms with Crippen molar-refractivity contribution in [2.45, 2.75) is 19.9 Å². The molecule has 3 N–H and O–H groups in total. The van der Waals surface area contributed by atoms with Gasteiger partial charge in [0.2, 0.25) is 0 Å². The maximum Gasteiger partial charge on any atom is 0.184 e. The van der Waals surface area contributed by atoms with Crippen molar-refractivity contribution in [2.75, 3.05) is 0 Å². The first-order valence-corrected chi connectivity index (χ1v) is 6.44. The molecule has 2 aromatic heterocycles. The Morgan fingerprint density at radius 2 is 1.90 bits per heavy atom. The number of nitrogens with one attached hydrogen (secondary N) is 1. The summed E-state index contributed by atoms with van der Waals surface area (Å²) in [6.07, 6.45) is 1.63. The van der Waals surface area contributed by atoms with Crippen LogP contribution in [0.2, 0.25) is 0 Å². The second-order valence-electron chi connectivity index (χ2n) is 4.82. The predicted molar refractivity (Wildman–Crippen MR) is 76.0 cm³/mol. The van der Waals surface area contributed by atoms with Crippen molar-refractivity contribution in [1.82, 2.24) is 15.2 Å². The van der Waals surface area contributed by atoms with Gasteiger partial charge in [-0.25, -0.2) is 4.98 Å². The van der Waals surface area contributed by atoms with Crippen molar-refractivity contribution in [3.05, 3.63) is 59.3 Å². The minimum absolute atomic E-state index is 0.316. The Kier molecular flexibility index (Phi) is 3.12. The summed E-state index contributed by atoms with van der Waals surface area (Å²) < 4.78 is 5.26. The summed E-state index contributed by atoms with van der Waals surface area (Å²) in [6.45, 7) is 3.93. The molecule has 5 nitrogen and oxygen atoms in total. The van der Waals surface area contributed by atoms with Gasteiger partial charge < -0.3 is 10.2 Å². The third-order valence-corrected chi connectivity index (χ3v) is 3.33. The number of hydrogen-bond donors (Lipinski definition) is 2. The molecule has 3 aromatic rings. The number of aromatic amines is 1. The molecule has 0 radical (unpaired) electrons. The summed E-state index contributed by atoms with van der Waals surface area (Å²) in [4.78, 5) is 4.46. The molecule has 0 fully saturated rings. The number of rotatable bonds is 3. The zero-order chi connectivity index (χ0) is 14.1. The van der Waals surface area contributed by atoms with Crippen LogP contribution in [0.25, 0.3) is 11.4 Å². The summed E-state index contributed by atoms with van der Waals surface area (Å²) in [5.74, 6) is 2.04. The van der Waals surface area contributed by atoms with Crippen LogP contribution in [0.4, 0.5) is 0 Å². The highest BCUT2D eigenvalue weighted by Crippen LogP contribution is 2.23. The van der Waals surface area contributed by atoms with E-state index in [2.05, 4.69) is 15.2 Å². The first-order valence-electron chi connectivity index (χ1n) is 6.44. The number of hydrogen-bond acceptors (Lipinski definition) is 4. The zero-order valence-corrected chi connectivity index (χ0v) is 11.4. The van der Waals surface area contributed by atoms with Crippen molar-refractivity contribution in [2.24, 2.45) is 5.73 Å². The Hall–Kier alpha value is -2.40. The van der Waals surface area contributed by atoms with Gasteiger partial charge in [-0.3, -0.25) is 5.10 Å². The van der Waals surface area contributed by atoms with E-state index in [1.165, 1.54) is 5.56 Å². The average Bonchev–Trinajstić information content (AvgIpc) is 3.07. The van der Waals surface area contributed by atoms with E-state index >= 15 is 0 Å². The summed E-state index contributed by atoms with van der Waals surface area (Å²) in [5.41, 5.74) is 9.30. The number of aromatic nitrogens is 3. The molecule has 3 rings (SSSR count). The maximum absolute atomic E-state index is 6.21. The Balaban J connectivity index is 1.90. The van der Waals surface area contributed by atoms with Crippen molar-refractivity contribution in [1.29, 1.82) is 0 Å². The van der Waals surface area contributed by atoms with Gasteiger partial charge in [0.25, 0.3) is 0 Å². The summed E-state index contributed by atoms with van der Waals surface area (Å²) >= 11 is 0. The molecule has 0 bridgehead atoms. The van der Waals surface area contributed by atoms with Crippen LogP contribution in [0.5, 0.6) is 0 Å². The number of aryl methyl sites for hydroxylation is 2. The Labute approximate surface area is 116 Å². The van der Waals surface area contributed by atoms with E-state index in [0.29, 0.717) is 11.6 Å². The molecule has 0 aliphatic rings. The average molecular weight is 268 g/mol. The minimum atomic E-state index is -0.316. The number of nitrogens with zero attached hydrogens (tertiary/aromatic N) is 2. The molecule has 0 saturated heterocycles. The van der Waals surface area contributed by atoms with E-state index in [1.54, 1.807) is 6.26 Å². The van der Waals surface area contributed by atoms with Gasteiger partial charge in [-0.05, 0) is 25.5 Å². The first-order chi connectivity index (χ1) is 9.65. The predicted octanol–water partition coefficient (Wildman–Crippen LogP) is 2.73. The number of benzene rings is 1. The van der Waals surface area contributed by atoms with E-state index < -0.39 is 0 Å².